The minimum absolute atomic E-state index is 0.148. The molecule has 6 nitrogen and oxygen atoms in total. The molecule has 6 heteroatoms. The lowest BCUT2D eigenvalue weighted by Crippen LogP contribution is -2.38. The molecule has 0 radical (unpaired) electrons. The smallest absolute Gasteiger partial charge is 0.338 e. The second-order valence-electron chi connectivity index (χ2n) is 4.97. The summed E-state index contributed by atoms with van der Waals surface area (Å²) < 4.78 is 10.1. The van der Waals surface area contributed by atoms with Crippen molar-refractivity contribution in [3.8, 4) is 5.75 Å². The molecule has 114 valence electrons. The molecule has 1 amide bonds. The van der Waals surface area contributed by atoms with Gasteiger partial charge in [-0.05, 0) is 37.5 Å². The molecular weight excluding hydrogens is 272 g/mol. The Bertz CT molecular complexity index is 524. The average Bonchev–Trinajstić information content (AvgIpc) is 2.53. The normalized spacial score (nSPS) is 14.6. The summed E-state index contributed by atoms with van der Waals surface area (Å²) in [5.74, 6) is -0.295. The van der Waals surface area contributed by atoms with Gasteiger partial charge in [0.05, 0.1) is 18.4 Å². The number of esters is 1. The van der Waals surface area contributed by atoms with E-state index in [9.17, 15) is 9.59 Å². The second-order valence-corrected chi connectivity index (χ2v) is 4.97. The minimum Gasteiger partial charge on any atom is -0.495 e. The highest BCUT2D eigenvalue weighted by molar-refractivity contribution is 5.92. The van der Waals surface area contributed by atoms with Gasteiger partial charge in [0.2, 0.25) is 0 Å². The predicted octanol–water partition coefficient (Wildman–Crippen LogP) is 1.45. The zero-order valence-electron chi connectivity index (χ0n) is 12.1. The molecule has 2 N–H and O–H groups in total. The molecule has 2 rings (SSSR count). The van der Waals surface area contributed by atoms with Crippen LogP contribution in [0.2, 0.25) is 0 Å². The third-order valence-corrected chi connectivity index (χ3v) is 3.50. The fourth-order valence-electron chi connectivity index (χ4n) is 2.28. The summed E-state index contributed by atoms with van der Waals surface area (Å²) in [6.07, 6.45) is 3.17. The monoisotopic (exact) mass is 292 g/mol. The number of hydrogen-bond acceptors (Lipinski definition) is 5. The van der Waals surface area contributed by atoms with Crippen LogP contribution in [0.3, 0.4) is 0 Å². The van der Waals surface area contributed by atoms with Gasteiger partial charge in [-0.2, -0.15) is 0 Å². The van der Waals surface area contributed by atoms with Crippen molar-refractivity contribution in [3.05, 3.63) is 23.8 Å². The van der Waals surface area contributed by atoms with Gasteiger partial charge in [-0.3, -0.25) is 4.79 Å². The summed E-state index contributed by atoms with van der Waals surface area (Å²) in [6.45, 7) is 1.25. The van der Waals surface area contributed by atoms with Crippen molar-refractivity contribution in [2.45, 2.75) is 19.3 Å². The summed E-state index contributed by atoms with van der Waals surface area (Å²) in [4.78, 5) is 25.6. The van der Waals surface area contributed by atoms with Crippen LogP contribution < -0.4 is 10.5 Å². The first-order chi connectivity index (χ1) is 10.1. The molecule has 0 bridgehead atoms. The quantitative estimate of drug-likeness (QED) is 0.671. The summed E-state index contributed by atoms with van der Waals surface area (Å²) in [7, 11) is 1.47. The number of ether oxygens (including phenoxy) is 2. The number of nitrogens with zero attached hydrogens (tertiary/aromatic N) is 1. The molecule has 0 spiro atoms. The van der Waals surface area contributed by atoms with Crippen LogP contribution in [0.1, 0.15) is 29.6 Å². The number of carbonyl (C=O) groups is 2. The van der Waals surface area contributed by atoms with E-state index in [1.165, 1.54) is 13.2 Å². The molecule has 1 aliphatic heterocycles. The molecule has 1 heterocycles. The van der Waals surface area contributed by atoms with Gasteiger partial charge in [-0.1, -0.05) is 0 Å². The first kappa shape index (κ1) is 15.2. The van der Waals surface area contributed by atoms with E-state index in [-0.39, 0.29) is 12.5 Å². The number of benzene rings is 1. The average molecular weight is 292 g/mol. The van der Waals surface area contributed by atoms with Crippen LogP contribution in [0.25, 0.3) is 0 Å². The van der Waals surface area contributed by atoms with Crippen molar-refractivity contribution in [2.75, 3.05) is 32.5 Å². The van der Waals surface area contributed by atoms with E-state index < -0.39 is 5.97 Å². The molecule has 0 atom stereocenters. The van der Waals surface area contributed by atoms with E-state index in [1.54, 1.807) is 17.0 Å². The highest BCUT2D eigenvalue weighted by atomic mass is 16.5. The Morgan fingerprint density at radius 2 is 1.95 bits per heavy atom. The number of hydrogen-bond donors (Lipinski definition) is 1. The number of likely N-dealkylation sites (tertiary alicyclic amines) is 1. The zero-order chi connectivity index (χ0) is 15.2. The van der Waals surface area contributed by atoms with Crippen LogP contribution in [0.5, 0.6) is 5.75 Å². The second kappa shape index (κ2) is 6.97. The van der Waals surface area contributed by atoms with Crippen LogP contribution in [-0.2, 0) is 9.53 Å². The number of rotatable bonds is 4. The Balaban J connectivity index is 1.90. The highest BCUT2D eigenvalue weighted by Gasteiger charge is 2.18. The molecule has 21 heavy (non-hydrogen) atoms. The van der Waals surface area contributed by atoms with Gasteiger partial charge in [-0.25, -0.2) is 4.79 Å². The van der Waals surface area contributed by atoms with E-state index in [2.05, 4.69) is 0 Å². The van der Waals surface area contributed by atoms with Crippen molar-refractivity contribution in [1.29, 1.82) is 0 Å². The van der Waals surface area contributed by atoms with Crippen LogP contribution >= 0.6 is 0 Å². The highest BCUT2D eigenvalue weighted by Crippen LogP contribution is 2.22. The third-order valence-electron chi connectivity index (χ3n) is 3.50. The fourth-order valence-corrected chi connectivity index (χ4v) is 2.28. The topological polar surface area (TPSA) is 81.9 Å². The number of nitrogen functional groups attached to an aromatic ring is 1. The number of piperidine rings is 1. The number of carbonyl (C=O) groups excluding carboxylic acids is 2. The van der Waals surface area contributed by atoms with Crippen molar-refractivity contribution in [1.82, 2.24) is 4.90 Å². The van der Waals surface area contributed by atoms with Crippen LogP contribution in [-0.4, -0.2) is 43.6 Å². The van der Waals surface area contributed by atoms with Gasteiger partial charge in [0, 0.05) is 13.1 Å². The molecular formula is C15H20N2O4. The first-order valence-corrected chi connectivity index (χ1v) is 7.00. The SMILES string of the molecule is COc1cc(C(=O)OCC(=O)N2CCCCC2)ccc1N. The fraction of sp³-hybridized carbons (Fsp3) is 0.467. The maximum Gasteiger partial charge on any atom is 0.338 e. The molecule has 0 aromatic heterocycles. The Kier molecular flexibility index (Phi) is 5.03. The Hall–Kier alpha value is -2.24. The molecule has 0 unspecified atom stereocenters. The lowest BCUT2D eigenvalue weighted by atomic mass is 10.1. The van der Waals surface area contributed by atoms with Gasteiger partial charge < -0.3 is 20.1 Å². The number of methoxy groups -OCH3 is 1. The number of amides is 1. The Morgan fingerprint density at radius 1 is 1.24 bits per heavy atom. The van der Waals surface area contributed by atoms with Crippen molar-refractivity contribution in [3.63, 3.8) is 0 Å². The van der Waals surface area contributed by atoms with Gasteiger partial charge in [0.1, 0.15) is 5.75 Å². The van der Waals surface area contributed by atoms with Gasteiger partial charge >= 0.3 is 5.97 Å². The van der Waals surface area contributed by atoms with Crippen LogP contribution in [0.4, 0.5) is 5.69 Å². The van der Waals surface area contributed by atoms with E-state index >= 15 is 0 Å². The third kappa shape index (κ3) is 3.87. The first-order valence-electron chi connectivity index (χ1n) is 7.00. The lowest BCUT2D eigenvalue weighted by molar-refractivity contribution is -0.135. The largest absolute Gasteiger partial charge is 0.495 e. The van der Waals surface area contributed by atoms with Crippen LogP contribution in [0, 0.1) is 0 Å². The summed E-state index contributed by atoms with van der Waals surface area (Å²) in [5.41, 5.74) is 6.44. The number of anilines is 1. The van der Waals surface area contributed by atoms with Crippen molar-refractivity contribution in [2.24, 2.45) is 0 Å². The lowest BCUT2D eigenvalue weighted by Gasteiger charge is -2.26. The van der Waals surface area contributed by atoms with Crippen molar-refractivity contribution < 1.29 is 19.1 Å². The van der Waals surface area contributed by atoms with Gasteiger partial charge in [0.15, 0.2) is 6.61 Å². The number of nitrogens with two attached hydrogens (primary N) is 1. The van der Waals surface area contributed by atoms with Gasteiger partial charge in [0.25, 0.3) is 5.91 Å². The summed E-state index contributed by atoms with van der Waals surface area (Å²) in [6, 6.07) is 4.62. The van der Waals surface area contributed by atoms with E-state index in [0.717, 1.165) is 32.4 Å². The van der Waals surface area contributed by atoms with Crippen LogP contribution in [0.15, 0.2) is 18.2 Å². The summed E-state index contributed by atoms with van der Waals surface area (Å²) >= 11 is 0. The van der Waals surface area contributed by atoms with Gasteiger partial charge in [-0.15, -0.1) is 0 Å². The van der Waals surface area contributed by atoms with E-state index in [4.69, 9.17) is 15.2 Å². The molecule has 0 aliphatic carbocycles. The van der Waals surface area contributed by atoms with E-state index in [0.29, 0.717) is 17.0 Å². The molecule has 1 fully saturated rings. The Labute approximate surface area is 123 Å². The van der Waals surface area contributed by atoms with Crippen molar-refractivity contribution >= 4 is 17.6 Å². The molecule has 1 saturated heterocycles. The molecule has 1 aromatic rings. The molecule has 0 saturated carbocycles. The molecule has 1 aliphatic rings. The Morgan fingerprint density at radius 3 is 2.62 bits per heavy atom. The maximum absolute atomic E-state index is 11.9. The predicted molar refractivity (Wildman–Crippen MR) is 78.1 cm³/mol. The minimum atomic E-state index is -0.557. The summed E-state index contributed by atoms with van der Waals surface area (Å²) in [5, 5.41) is 0. The maximum atomic E-state index is 11.9. The van der Waals surface area contributed by atoms with E-state index in [1.807, 2.05) is 0 Å². The molecule has 1 aromatic carbocycles. The zero-order valence-corrected chi connectivity index (χ0v) is 12.1. The standard InChI is InChI=1S/C15H20N2O4/c1-20-13-9-11(5-6-12(13)16)15(19)21-10-14(18)17-7-3-2-4-8-17/h5-6,9H,2-4,7-8,10,16H2,1H3.